The molecule has 3 atom stereocenters. The Labute approximate surface area is 114 Å². The van der Waals surface area contributed by atoms with Gasteiger partial charge in [-0.25, -0.2) is 0 Å². The van der Waals surface area contributed by atoms with Crippen molar-refractivity contribution >= 4 is 11.8 Å². The summed E-state index contributed by atoms with van der Waals surface area (Å²) < 4.78 is 0. The Balaban J connectivity index is 1.50. The number of nitrogens with zero attached hydrogens (tertiary/aromatic N) is 1. The summed E-state index contributed by atoms with van der Waals surface area (Å²) in [5, 5.41) is 6.34. The molecule has 106 valence electrons. The second-order valence-electron chi connectivity index (χ2n) is 6.26. The van der Waals surface area contributed by atoms with Gasteiger partial charge in [0.25, 0.3) is 0 Å². The quantitative estimate of drug-likeness (QED) is 0.761. The van der Waals surface area contributed by atoms with Crippen molar-refractivity contribution in [3.8, 4) is 0 Å². The fraction of sp³-hybridized carbons (Fsp3) is 0.857. The van der Waals surface area contributed by atoms with E-state index in [2.05, 4.69) is 17.6 Å². The minimum atomic E-state index is 0.0303. The largest absolute Gasteiger partial charge is 0.351 e. The van der Waals surface area contributed by atoms with Crippen LogP contribution in [-0.2, 0) is 9.59 Å². The molecule has 0 radical (unpaired) electrons. The molecule has 2 N–H and O–H groups in total. The van der Waals surface area contributed by atoms with Crippen LogP contribution in [0, 0.1) is 11.8 Å². The number of carbonyl (C=O) groups excluding carboxylic acids is 2. The SMILES string of the molecule is C[C@@H]1C[C@@H]1N1C[C@H](NC(=O)C2CCNCC2)CC1=O. The molecule has 0 aromatic carbocycles. The number of likely N-dealkylation sites (tertiary alicyclic amines) is 1. The average Bonchev–Trinajstić information content (AvgIpc) is 3.02. The Kier molecular flexibility index (Phi) is 3.48. The molecule has 2 heterocycles. The van der Waals surface area contributed by atoms with Crippen LogP contribution in [0.15, 0.2) is 0 Å². The molecular formula is C14H23N3O2. The summed E-state index contributed by atoms with van der Waals surface area (Å²) >= 11 is 0. The lowest BCUT2D eigenvalue weighted by Gasteiger charge is -2.23. The van der Waals surface area contributed by atoms with Gasteiger partial charge in [-0.05, 0) is 38.3 Å². The molecule has 5 nitrogen and oxygen atoms in total. The second kappa shape index (κ2) is 5.12. The van der Waals surface area contributed by atoms with E-state index in [0.717, 1.165) is 32.4 Å². The van der Waals surface area contributed by atoms with Crippen molar-refractivity contribution in [3.63, 3.8) is 0 Å². The van der Waals surface area contributed by atoms with E-state index < -0.39 is 0 Å². The van der Waals surface area contributed by atoms with Crippen LogP contribution >= 0.6 is 0 Å². The minimum Gasteiger partial charge on any atom is -0.351 e. The minimum absolute atomic E-state index is 0.0303. The zero-order valence-electron chi connectivity index (χ0n) is 11.5. The van der Waals surface area contributed by atoms with Crippen molar-refractivity contribution < 1.29 is 9.59 Å². The van der Waals surface area contributed by atoms with Crippen LogP contribution in [0.3, 0.4) is 0 Å². The molecule has 2 amide bonds. The third-order valence-corrected chi connectivity index (χ3v) is 4.68. The molecule has 0 aromatic rings. The normalized spacial score (nSPS) is 35.5. The second-order valence-corrected chi connectivity index (χ2v) is 6.26. The van der Waals surface area contributed by atoms with E-state index in [1.165, 1.54) is 0 Å². The Morgan fingerprint density at radius 1 is 1.37 bits per heavy atom. The van der Waals surface area contributed by atoms with Crippen LogP contribution in [0.25, 0.3) is 0 Å². The maximum atomic E-state index is 12.1. The van der Waals surface area contributed by atoms with Crippen LogP contribution in [0.5, 0.6) is 0 Å². The Morgan fingerprint density at radius 2 is 2.05 bits per heavy atom. The van der Waals surface area contributed by atoms with Gasteiger partial charge in [0.05, 0.1) is 6.04 Å². The molecule has 0 spiro atoms. The van der Waals surface area contributed by atoms with Crippen molar-refractivity contribution in [1.29, 1.82) is 0 Å². The highest BCUT2D eigenvalue weighted by Gasteiger charge is 2.45. The molecule has 0 bridgehead atoms. The van der Waals surface area contributed by atoms with E-state index in [0.29, 0.717) is 24.9 Å². The zero-order valence-corrected chi connectivity index (χ0v) is 11.5. The Hall–Kier alpha value is -1.10. The van der Waals surface area contributed by atoms with Gasteiger partial charge in [-0.2, -0.15) is 0 Å². The molecule has 19 heavy (non-hydrogen) atoms. The lowest BCUT2D eigenvalue weighted by molar-refractivity contribution is -0.128. The van der Waals surface area contributed by atoms with Crippen LogP contribution < -0.4 is 10.6 Å². The van der Waals surface area contributed by atoms with Gasteiger partial charge < -0.3 is 15.5 Å². The molecule has 3 aliphatic rings. The van der Waals surface area contributed by atoms with Crippen LogP contribution in [0.1, 0.15) is 32.6 Å². The predicted molar refractivity (Wildman–Crippen MR) is 71.4 cm³/mol. The van der Waals surface area contributed by atoms with E-state index in [1.54, 1.807) is 0 Å². The molecular weight excluding hydrogens is 242 g/mol. The van der Waals surface area contributed by atoms with Crippen molar-refractivity contribution in [1.82, 2.24) is 15.5 Å². The summed E-state index contributed by atoms with van der Waals surface area (Å²) in [4.78, 5) is 26.1. The number of carbonyl (C=O) groups is 2. The predicted octanol–water partition coefficient (Wildman–Crippen LogP) is 0.112. The van der Waals surface area contributed by atoms with Gasteiger partial charge in [-0.1, -0.05) is 6.92 Å². The van der Waals surface area contributed by atoms with Crippen LogP contribution in [0.4, 0.5) is 0 Å². The van der Waals surface area contributed by atoms with Gasteiger partial charge in [0.1, 0.15) is 0 Å². The summed E-state index contributed by atoms with van der Waals surface area (Å²) in [5.41, 5.74) is 0. The first-order valence-electron chi connectivity index (χ1n) is 7.45. The van der Waals surface area contributed by atoms with E-state index >= 15 is 0 Å². The van der Waals surface area contributed by atoms with E-state index in [-0.39, 0.29) is 23.8 Å². The van der Waals surface area contributed by atoms with Crippen LogP contribution in [-0.4, -0.2) is 48.4 Å². The van der Waals surface area contributed by atoms with Gasteiger partial charge in [0.2, 0.25) is 11.8 Å². The van der Waals surface area contributed by atoms with Crippen molar-refractivity contribution in [2.45, 2.75) is 44.7 Å². The molecule has 2 aliphatic heterocycles. The molecule has 0 aromatic heterocycles. The number of amides is 2. The maximum Gasteiger partial charge on any atom is 0.225 e. The Bertz CT molecular complexity index is 379. The summed E-state index contributed by atoms with van der Waals surface area (Å²) in [6, 6.07) is 0.468. The van der Waals surface area contributed by atoms with Gasteiger partial charge in [0.15, 0.2) is 0 Å². The summed E-state index contributed by atoms with van der Waals surface area (Å²) in [6.07, 6.45) is 3.44. The first-order chi connectivity index (χ1) is 9.15. The third kappa shape index (κ3) is 2.76. The van der Waals surface area contributed by atoms with E-state index in [1.807, 2.05) is 4.90 Å². The lowest BCUT2D eigenvalue weighted by atomic mass is 9.97. The lowest BCUT2D eigenvalue weighted by Crippen LogP contribution is -2.43. The smallest absolute Gasteiger partial charge is 0.225 e. The number of nitrogens with one attached hydrogen (secondary N) is 2. The standard InChI is InChI=1S/C14H23N3O2/c1-9-6-12(9)17-8-11(7-13(17)18)16-14(19)10-2-4-15-5-3-10/h9-12,15H,2-8H2,1H3,(H,16,19)/t9-,11-,12+/m1/s1. The molecule has 1 aliphatic carbocycles. The number of hydrogen-bond acceptors (Lipinski definition) is 3. The Morgan fingerprint density at radius 3 is 2.68 bits per heavy atom. The van der Waals surface area contributed by atoms with Crippen molar-refractivity contribution in [2.75, 3.05) is 19.6 Å². The zero-order chi connectivity index (χ0) is 13.4. The third-order valence-electron chi connectivity index (χ3n) is 4.68. The summed E-state index contributed by atoms with van der Waals surface area (Å²) in [7, 11) is 0. The molecule has 0 unspecified atom stereocenters. The first kappa shape index (κ1) is 12.9. The topological polar surface area (TPSA) is 61.4 Å². The van der Waals surface area contributed by atoms with E-state index in [9.17, 15) is 9.59 Å². The fourth-order valence-corrected chi connectivity index (χ4v) is 3.29. The van der Waals surface area contributed by atoms with Crippen molar-refractivity contribution in [2.24, 2.45) is 11.8 Å². The highest BCUT2D eigenvalue weighted by atomic mass is 16.2. The molecule has 1 saturated carbocycles. The molecule has 5 heteroatoms. The molecule has 2 saturated heterocycles. The van der Waals surface area contributed by atoms with Gasteiger partial charge >= 0.3 is 0 Å². The number of rotatable bonds is 3. The molecule has 3 rings (SSSR count). The van der Waals surface area contributed by atoms with Gasteiger partial charge in [0, 0.05) is 24.9 Å². The summed E-state index contributed by atoms with van der Waals surface area (Å²) in [6.45, 7) is 4.74. The van der Waals surface area contributed by atoms with E-state index in [4.69, 9.17) is 0 Å². The monoisotopic (exact) mass is 265 g/mol. The molecule has 3 fully saturated rings. The highest BCUT2D eigenvalue weighted by Crippen LogP contribution is 2.37. The van der Waals surface area contributed by atoms with Crippen molar-refractivity contribution in [3.05, 3.63) is 0 Å². The number of hydrogen-bond donors (Lipinski definition) is 2. The first-order valence-corrected chi connectivity index (χ1v) is 7.45. The van der Waals surface area contributed by atoms with Gasteiger partial charge in [-0.15, -0.1) is 0 Å². The fourth-order valence-electron chi connectivity index (χ4n) is 3.29. The summed E-state index contributed by atoms with van der Waals surface area (Å²) in [5.74, 6) is 1.13. The number of piperidine rings is 1. The van der Waals surface area contributed by atoms with Crippen LogP contribution in [0.2, 0.25) is 0 Å². The average molecular weight is 265 g/mol. The maximum absolute atomic E-state index is 12.1. The highest BCUT2D eigenvalue weighted by molar-refractivity contribution is 5.83. The van der Waals surface area contributed by atoms with Gasteiger partial charge in [-0.3, -0.25) is 9.59 Å².